The summed E-state index contributed by atoms with van der Waals surface area (Å²) in [6.45, 7) is 0. The number of nitrogens with zero attached hydrogens (tertiary/aromatic N) is 2. The fraction of sp³-hybridized carbons (Fsp3) is 0.143. The Hall–Kier alpha value is 0.283. The van der Waals surface area contributed by atoms with E-state index < -0.39 is 29.5 Å². The number of hydrogen-bond donors (Lipinski definition) is 0. The van der Waals surface area contributed by atoms with E-state index in [4.69, 9.17) is 0 Å². The van der Waals surface area contributed by atoms with Crippen LogP contribution in [0.25, 0.3) is 9.44 Å². The van der Waals surface area contributed by atoms with Crippen molar-refractivity contribution < 1.29 is 36.3 Å². The van der Waals surface area contributed by atoms with Gasteiger partial charge in [0.25, 0.3) is 0 Å². The minimum Gasteiger partial charge on any atom is -0.836 e. The Morgan fingerprint density at radius 1 is 0.593 bits per heavy atom. The maximum Gasteiger partial charge on any atom is 0.0985 e. The molecular weight excluding hydrogens is 518 g/mol. The van der Waals surface area contributed by atoms with E-state index >= 15 is 0 Å². The molecule has 0 saturated heterocycles. The van der Waals surface area contributed by atoms with Crippen molar-refractivity contribution in [1.29, 1.82) is 0 Å². The van der Waals surface area contributed by atoms with E-state index in [1.165, 1.54) is 24.3 Å². The van der Waals surface area contributed by atoms with Gasteiger partial charge in [0.15, 0.2) is 0 Å². The zero-order valence-electron chi connectivity index (χ0n) is 13.6. The van der Waals surface area contributed by atoms with Crippen molar-refractivity contribution in [1.82, 2.24) is 0 Å². The van der Waals surface area contributed by atoms with Gasteiger partial charge in [-0.2, -0.15) is 0 Å². The van der Waals surface area contributed by atoms with Gasteiger partial charge in [-0.05, 0) is 24.3 Å². The second-order valence-electron chi connectivity index (χ2n) is 4.40. The molecule has 2 rings (SSSR count). The summed E-state index contributed by atoms with van der Waals surface area (Å²) in [5.41, 5.74) is 0. The van der Waals surface area contributed by atoms with Crippen LogP contribution in [0.15, 0.2) is 70.5 Å². The third kappa shape index (κ3) is 10.6. The average molecular weight is 530 g/mol. The second kappa shape index (κ2) is 12.8. The van der Waals surface area contributed by atoms with Crippen LogP contribution in [-0.2, 0) is 90.0 Å². The van der Waals surface area contributed by atoms with Crippen molar-refractivity contribution in [3.05, 3.63) is 70.1 Å². The third-order valence-electron chi connectivity index (χ3n) is 2.53. The summed E-state index contributed by atoms with van der Waals surface area (Å²) in [7, 11) is -7.29. The molecule has 6 nitrogen and oxygen atoms in total. The third-order valence-corrected chi connectivity index (χ3v) is 6.20. The second-order valence-corrected chi connectivity index (χ2v) is 10.0. The van der Waals surface area contributed by atoms with Crippen LogP contribution >= 0.6 is 0 Å². The summed E-state index contributed by atoms with van der Waals surface area (Å²) in [5, 5.41) is 0. The molecule has 146 valence electrons. The molecule has 2 aromatic carbocycles. The van der Waals surface area contributed by atoms with Gasteiger partial charge in [-0.3, -0.25) is 0 Å². The molecular formula is C14H12N2O4S6Zn-6. The molecule has 0 N–H and O–H groups in total. The monoisotopic (exact) mass is 528 g/mol. The first kappa shape index (κ1) is 27.3. The number of hydrogen-bond acceptors (Lipinski definition) is 8. The van der Waals surface area contributed by atoms with Crippen LogP contribution in [-0.4, -0.2) is 26.2 Å². The minimum absolute atomic E-state index is 0. The topological polar surface area (TPSA) is 96.5 Å². The molecule has 0 aliphatic heterocycles. The van der Waals surface area contributed by atoms with Crippen molar-refractivity contribution in [3.63, 3.8) is 0 Å². The smallest absolute Gasteiger partial charge is 0.0985 e. The number of rotatable bonds is 6. The average Bonchev–Trinajstić information content (AvgIpc) is 2.55. The number of benzene rings is 2. The molecule has 0 saturated carbocycles. The fourth-order valence-electron chi connectivity index (χ4n) is 1.53. The Balaban J connectivity index is 0.000000483. The van der Waals surface area contributed by atoms with E-state index in [9.17, 15) is 16.8 Å². The van der Waals surface area contributed by atoms with Gasteiger partial charge < -0.3 is 69.4 Å². The zero-order chi connectivity index (χ0) is 19.8. The molecule has 2 aromatic rings. The molecule has 27 heavy (non-hydrogen) atoms. The van der Waals surface area contributed by atoms with Gasteiger partial charge in [-0.1, -0.05) is 36.4 Å². The van der Waals surface area contributed by atoms with E-state index in [-0.39, 0.29) is 29.3 Å². The minimum atomic E-state index is -3.64. The van der Waals surface area contributed by atoms with E-state index in [0.717, 1.165) is 0 Å². The summed E-state index contributed by atoms with van der Waals surface area (Å²) >= 11 is 18.0. The normalized spacial score (nSPS) is 11.5. The van der Waals surface area contributed by atoms with E-state index in [1.807, 2.05) is 0 Å². The Bertz CT molecular complexity index is 803. The van der Waals surface area contributed by atoms with E-state index in [2.05, 4.69) is 60.0 Å². The van der Waals surface area contributed by atoms with Crippen LogP contribution in [0.5, 0.6) is 0 Å². The van der Waals surface area contributed by atoms with Crippen molar-refractivity contribution in [2.24, 2.45) is 0 Å². The first-order chi connectivity index (χ1) is 12.0. The Morgan fingerprint density at radius 2 is 0.852 bits per heavy atom. The Morgan fingerprint density at radius 3 is 1.07 bits per heavy atom. The molecule has 0 aliphatic carbocycles. The van der Waals surface area contributed by atoms with Gasteiger partial charge in [0, 0.05) is 29.3 Å². The van der Waals surface area contributed by atoms with Crippen LogP contribution in [0.3, 0.4) is 0 Å². The summed E-state index contributed by atoms with van der Waals surface area (Å²) in [6, 6.07) is 15.7. The molecule has 0 aromatic heterocycles. The summed E-state index contributed by atoms with van der Waals surface area (Å²) in [5.74, 6) is 0. The Kier molecular flexibility index (Phi) is 12.9. The molecule has 0 aliphatic rings. The molecule has 13 heteroatoms. The van der Waals surface area contributed by atoms with E-state index in [1.54, 1.807) is 36.4 Å². The predicted molar refractivity (Wildman–Crippen MR) is 111 cm³/mol. The van der Waals surface area contributed by atoms with Crippen molar-refractivity contribution in [3.8, 4) is 0 Å². The molecule has 0 bridgehead atoms. The van der Waals surface area contributed by atoms with Crippen molar-refractivity contribution in [2.75, 3.05) is 0 Å². The molecule has 0 fully saturated rings. The van der Waals surface area contributed by atoms with Gasteiger partial charge in [0.05, 0.1) is 20.0 Å². The maximum atomic E-state index is 11.3. The van der Waals surface area contributed by atoms with Crippen LogP contribution in [0.2, 0.25) is 0 Å². The maximum absolute atomic E-state index is 11.3. The van der Waals surface area contributed by atoms with Gasteiger partial charge in [0.1, 0.15) is 0 Å². The predicted octanol–water partition coefficient (Wildman–Crippen LogP) is 2.25. The van der Waals surface area contributed by atoms with Gasteiger partial charge in [-0.15, -0.1) is 0 Å². The van der Waals surface area contributed by atoms with Gasteiger partial charge in [-0.25, -0.2) is 16.8 Å². The molecule has 0 heterocycles. The largest absolute Gasteiger partial charge is 0.836 e. The summed E-state index contributed by atoms with van der Waals surface area (Å²) in [4.78, 5) is 0.240. The molecule has 0 radical (unpaired) electrons. The van der Waals surface area contributed by atoms with Crippen LogP contribution in [0.1, 0.15) is 0 Å². The quantitative estimate of drug-likeness (QED) is 0.415. The first-order valence-corrected chi connectivity index (χ1v) is 11.5. The molecule has 0 atom stereocenters. The zero-order valence-corrected chi connectivity index (χ0v) is 21.5. The number of sulfonamides is 2. The van der Waals surface area contributed by atoms with Gasteiger partial charge in [0.2, 0.25) is 0 Å². The summed E-state index contributed by atoms with van der Waals surface area (Å²) < 4.78 is 49.9. The Labute approximate surface area is 194 Å². The summed E-state index contributed by atoms with van der Waals surface area (Å²) in [6.07, 6.45) is 0. The van der Waals surface area contributed by atoms with Crippen molar-refractivity contribution >= 4 is 70.6 Å². The van der Waals surface area contributed by atoms with Crippen LogP contribution in [0.4, 0.5) is 0 Å². The van der Waals surface area contributed by atoms with Crippen molar-refractivity contribution in [2.45, 2.75) is 19.2 Å². The molecule has 0 amide bonds. The molecule has 0 unspecified atom stereocenters. The fourth-order valence-corrected chi connectivity index (χ4v) is 4.59. The van der Waals surface area contributed by atoms with Crippen LogP contribution in [0, 0.1) is 0 Å². The molecule has 0 spiro atoms. The first-order valence-electron chi connectivity index (χ1n) is 6.72. The SMILES string of the molecule is O=S(=O)([N-]C([S-])[S-])c1ccccc1.O=S(=O)([N-]C([S-])[S-])c1ccccc1.[Zn]. The van der Waals surface area contributed by atoms with Crippen LogP contribution < -0.4 is 0 Å². The van der Waals surface area contributed by atoms with E-state index in [0.29, 0.717) is 0 Å². The standard InChI is InChI=1S/2C7H8NO2S3.Zn/c2*9-13(10,8-7(11)12)6-4-2-1-3-5-6;/h2*1-5,7,11-12H;/q2*-1;/p-4. The van der Waals surface area contributed by atoms with Gasteiger partial charge >= 0.3 is 0 Å².